The second-order valence-corrected chi connectivity index (χ2v) is 5.16. The minimum atomic E-state index is -4.40. The van der Waals surface area contributed by atoms with Gasteiger partial charge < -0.3 is 5.11 Å². The van der Waals surface area contributed by atoms with Crippen molar-refractivity contribution in [3.63, 3.8) is 0 Å². The van der Waals surface area contributed by atoms with Crippen LogP contribution in [0.4, 0.5) is 18.9 Å². The van der Waals surface area contributed by atoms with Crippen LogP contribution in [0.25, 0.3) is 11.1 Å². The standard InChI is InChI=1S/C14H12F3NO3S/c15-14(16,17)12-4-1-9(2-5-12)10-3-6-13(18-22(20)21)11(7-10)8-19/h1-7,18-19H,8H2,(H,20,21). The van der Waals surface area contributed by atoms with Gasteiger partial charge in [0.1, 0.15) is 0 Å². The Hall–Kier alpha value is -1.90. The number of anilines is 1. The predicted octanol–water partition coefficient (Wildman–Crippen LogP) is 3.41. The molecule has 0 saturated carbocycles. The molecule has 0 aliphatic carbocycles. The summed E-state index contributed by atoms with van der Waals surface area (Å²) < 4.78 is 59.3. The monoisotopic (exact) mass is 331 g/mol. The minimum absolute atomic E-state index is 0.277. The summed E-state index contributed by atoms with van der Waals surface area (Å²) in [4.78, 5) is 0. The average Bonchev–Trinajstić information content (AvgIpc) is 2.46. The quantitative estimate of drug-likeness (QED) is 0.752. The molecule has 2 aromatic rings. The van der Waals surface area contributed by atoms with Crippen LogP contribution in [0.15, 0.2) is 42.5 Å². The highest BCUT2D eigenvalue weighted by Gasteiger charge is 2.29. The van der Waals surface area contributed by atoms with E-state index in [1.807, 2.05) is 0 Å². The zero-order valence-corrected chi connectivity index (χ0v) is 11.9. The number of aliphatic hydroxyl groups is 1. The second kappa shape index (κ2) is 6.47. The molecule has 0 aliphatic heterocycles. The molecule has 4 nitrogen and oxygen atoms in total. The first-order chi connectivity index (χ1) is 10.3. The van der Waals surface area contributed by atoms with Crippen molar-refractivity contribution in [2.24, 2.45) is 0 Å². The van der Waals surface area contributed by atoms with Gasteiger partial charge >= 0.3 is 6.18 Å². The third kappa shape index (κ3) is 3.85. The maximum atomic E-state index is 12.5. The molecule has 0 bridgehead atoms. The van der Waals surface area contributed by atoms with Gasteiger partial charge in [0.15, 0.2) is 0 Å². The van der Waals surface area contributed by atoms with Crippen LogP contribution < -0.4 is 4.72 Å². The van der Waals surface area contributed by atoms with E-state index >= 15 is 0 Å². The van der Waals surface area contributed by atoms with Crippen molar-refractivity contribution in [3.05, 3.63) is 53.6 Å². The molecular formula is C14H12F3NO3S. The van der Waals surface area contributed by atoms with Gasteiger partial charge in [0, 0.05) is 5.56 Å². The van der Waals surface area contributed by atoms with Crippen LogP contribution in [-0.4, -0.2) is 13.9 Å². The number of benzene rings is 2. The molecule has 1 atom stereocenters. The maximum absolute atomic E-state index is 12.5. The van der Waals surface area contributed by atoms with Gasteiger partial charge in [0.25, 0.3) is 11.3 Å². The van der Waals surface area contributed by atoms with Gasteiger partial charge in [-0.05, 0) is 35.4 Å². The lowest BCUT2D eigenvalue weighted by atomic mass is 10.0. The minimum Gasteiger partial charge on any atom is -0.392 e. The summed E-state index contributed by atoms with van der Waals surface area (Å²) in [6, 6.07) is 9.21. The third-order valence-corrected chi connectivity index (χ3v) is 3.41. The van der Waals surface area contributed by atoms with Crippen molar-refractivity contribution in [2.75, 3.05) is 4.72 Å². The molecule has 0 aliphatic rings. The molecule has 8 heteroatoms. The zero-order chi connectivity index (χ0) is 16.3. The van der Waals surface area contributed by atoms with Gasteiger partial charge in [0.2, 0.25) is 0 Å². The molecule has 1 unspecified atom stereocenters. The van der Waals surface area contributed by atoms with Crippen LogP contribution in [0, 0.1) is 0 Å². The Kier molecular flexibility index (Phi) is 4.84. The summed E-state index contributed by atoms with van der Waals surface area (Å²) in [5, 5.41) is 9.28. The number of alkyl halides is 3. The summed E-state index contributed by atoms with van der Waals surface area (Å²) in [5.74, 6) is 0. The predicted molar refractivity (Wildman–Crippen MR) is 77.2 cm³/mol. The van der Waals surface area contributed by atoms with E-state index in [1.165, 1.54) is 24.3 Å². The molecule has 0 fully saturated rings. The summed E-state index contributed by atoms with van der Waals surface area (Å²) in [5.41, 5.74) is 1.03. The fourth-order valence-corrected chi connectivity index (χ4v) is 2.34. The molecule has 0 heterocycles. The third-order valence-electron chi connectivity index (χ3n) is 3.02. The van der Waals surface area contributed by atoms with Crippen molar-refractivity contribution in [1.29, 1.82) is 0 Å². The summed E-state index contributed by atoms with van der Waals surface area (Å²) in [6.07, 6.45) is -4.40. The van der Waals surface area contributed by atoms with Crippen molar-refractivity contribution in [3.8, 4) is 11.1 Å². The highest BCUT2D eigenvalue weighted by Crippen LogP contribution is 2.32. The van der Waals surface area contributed by atoms with Crippen molar-refractivity contribution < 1.29 is 27.0 Å². The van der Waals surface area contributed by atoms with Crippen LogP contribution in [0.2, 0.25) is 0 Å². The van der Waals surface area contributed by atoms with Crippen molar-refractivity contribution in [1.82, 2.24) is 0 Å². The van der Waals surface area contributed by atoms with E-state index in [-0.39, 0.29) is 12.3 Å². The molecule has 0 spiro atoms. The molecular weight excluding hydrogens is 319 g/mol. The number of nitrogens with one attached hydrogen (secondary N) is 1. The Balaban J connectivity index is 2.35. The average molecular weight is 331 g/mol. The number of hydrogen-bond acceptors (Lipinski definition) is 2. The molecule has 118 valence electrons. The van der Waals surface area contributed by atoms with E-state index in [2.05, 4.69) is 4.72 Å². The SMILES string of the molecule is O=S(O)Nc1ccc(-c2ccc(C(F)(F)F)cc2)cc1CO. The first-order valence-corrected chi connectivity index (χ1v) is 7.21. The lowest BCUT2D eigenvalue weighted by Gasteiger charge is -2.11. The molecule has 0 radical (unpaired) electrons. The Morgan fingerprint density at radius 2 is 1.64 bits per heavy atom. The van der Waals surface area contributed by atoms with Crippen LogP contribution >= 0.6 is 0 Å². The second-order valence-electron chi connectivity index (χ2n) is 4.46. The van der Waals surface area contributed by atoms with Gasteiger partial charge in [-0.1, -0.05) is 18.2 Å². The maximum Gasteiger partial charge on any atom is 0.416 e. The molecule has 2 rings (SSSR count). The van der Waals surface area contributed by atoms with Gasteiger partial charge in [-0.25, -0.2) is 4.21 Å². The highest BCUT2D eigenvalue weighted by atomic mass is 32.2. The van der Waals surface area contributed by atoms with E-state index in [4.69, 9.17) is 4.55 Å². The Morgan fingerprint density at radius 1 is 1.05 bits per heavy atom. The molecule has 0 aromatic heterocycles. The number of rotatable bonds is 4. The fourth-order valence-electron chi connectivity index (χ4n) is 1.95. The topological polar surface area (TPSA) is 69.6 Å². The number of halogens is 3. The highest BCUT2D eigenvalue weighted by molar-refractivity contribution is 7.80. The first-order valence-electron chi connectivity index (χ1n) is 6.10. The number of hydrogen-bond donors (Lipinski definition) is 3. The van der Waals surface area contributed by atoms with Crippen molar-refractivity contribution in [2.45, 2.75) is 12.8 Å². The van der Waals surface area contributed by atoms with Crippen LogP contribution in [0.5, 0.6) is 0 Å². The smallest absolute Gasteiger partial charge is 0.392 e. The Bertz CT molecular complexity index is 687. The van der Waals surface area contributed by atoms with E-state index in [0.717, 1.165) is 12.1 Å². The Morgan fingerprint density at radius 3 is 2.14 bits per heavy atom. The van der Waals surface area contributed by atoms with Gasteiger partial charge in [-0.2, -0.15) is 13.2 Å². The zero-order valence-electron chi connectivity index (χ0n) is 11.1. The van der Waals surface area contributed by atoms with E-state index in [1.54, 1.807) is 6.07 Å². The van der Waals surface area contributed by atoms with E-state index in [9.17, 15) is 22.5 Å². The summed E-state index contributed by atoms with van der Waals surface area (Å²) in [6.45, 7) is -0.381. The molecule has 2 aromatic carbocycles. The van der Waals surface area contributed by atoms with Crippen LogP contribution in [0.3, 0.4) is 0 Å². The summed E-state index contributed by atoms with van der Waals surface area (Å²) in [7, 11) is 0. The normalized spacial score (nSPS) is 13.0. The molecule has 0 saturated heterocycles. The van der Waals surface area contributed by atoms with Crippen molar-refractivity contribution >= 4 is 17.0 Å². The van der Waals surface area contributed by atoms with Gasteiger partial charge in [0.05, 0.1) is 17.9 Å². The van der Waals surface area contributed by atoms with E-state index in [0.29, 0.717) is 16.7 Å². The molecule has 3 N–H and O–H groups in total. The number of aliphatic hydroxyl groups excluding tert-OH is 1. The lowest BCUT2D eigenvalue weighted by Crippen LogP contribution is -2.05. The Labute approximate surface area is 127 Å². The molecule has 0 amide bonds. The molecule has 22 heavy (non-hydrogen) atoms. The van der Waals surface area contributed by atoms with Gasteiger partial charge in [-0.15, -0.1) is 0 Å². The van der Waals surface area contributed by atoms with Crippen LogP contribution in [0.1, 0.15) is 11.1 Å². The fraction of sp³-hybridized carbons (Fsp3) is 0.143. The lowest BCUT2D eigenvalue weighted by molar-refractivity contribution is -0.137. The van der Waals surface area contributed by atoms with Gasteiger partial charge in [-0.3, -0.25) is 9.27 Å². The largest absolute Gasteiger partial charge is 0.416 e. The summed E-state index contributed by atoms with van der Waals surface area (Å²) >= 11 is -2.28. The first kappa shape index (κ1) is 16.5. The van der Waals surface area contributed by atoms with E-state index < -0.39 is 23.0 Å². The van der Waals surface area contributed by atoms with Crippen LogP contribution in [-0.2, 0) is 24.0 Å².